The Morgan fingerprint density at radius 2 is 2.06 bits per heavy atom. The van der Waals surface area contributed by atoms with E-state index in [0.29, 0.717) is 6.04 Å². The summed E-state index contributed by atoms with van der Waals surface area (Å²) in [5.74, 6) is 0. The van der Waals surface area contributed by atoms with Crippen LogP contribution in [-0.2, 0) is 0 Å². The second-order valence-corrected chi connectivity index (χ2v) is 5.10. The van der Waals surface area contributed by atoms with Gasteiger partial charge in [-0.3, -0.25) is 0 Å². The van der Waals surface area contributed by atoms with Gasteiger partial charge < -0.3 is 10.0 Å². The molecule has 1 fully saturated rings. The molecule has 1 heterocycles. The largest absolute Gasteiger partial charge is 0.388 e. The van der Waals surface area contributed by atoms with E-state index in [-0.39, 0.29) is 6.10 Å². The first kappa shape index (κ1) is 12.6. The highest BCUT2D eigenvalue weighted by Gasteiger charge is 2.18. The van der Waals surface area contributed by atoms with Crippen LogP contribution in [0.2, 0.25) is 0 Å². The smallest absolute Gasteiger partial charge is 0.0802 e. The lowest BCUT2D eigenvalue weighted by Gasteiger charge is -2.33. The molecule has 0 bridgehead atoms. The van der Waals surface area contributed by atoms with E-state index in [0.717, 1.165) is 18.5 Å². The van der Waals surface area contributed by atoms with Gasteiger partial charge in [0.05, 0.1) is 6.10 Å². The molecule has 2 heteroatoms. The SMILES string of the molecule is CC1CCCCN1CCC(O)c1ccccc1. The molecule has 2 rings (SSSR count). The number of piperidine rings is 1. The van der Waals surface area contributed by atoms with Crippen LogP contribution in [0.1, 0.15) is 44.3 Å². The number of hydrogen-bond acceptors (Lipinski definition) is 2. The normalized spacial score (nSPS) is 23.5. The van der Waals surface area contributed by atoms with Crippen molar-refractivity contribution in [1.29, 1.82) is 0 Å². The molecule has 1 aromatic rings. The molecule has 2 unspecified atom stereocenters. The van der Waals surface area contributed by atoms with E-state index >= 15 is 0 Å². The van der Waals surface area contributed by atoms with E-state index in [9.17, 15) is 5.11 Å². The Morgan fingerprint density at radius 3 is 2.76 bits per heavy atom. The van der Waals surface area contributed by atoms with Gasteiger partial charge in [-0.2, -0.15) is 0 Å². The zero-order valence-electron chi connectivity index (χ0n) is 10.7. The van der Waals surface area contributed by atoms with E-state index in [4.69, 9.17) is 0 Å². The second kappa shape index (κ2) is 6.18. The average molecular weight is 233 g/mol. The van der Waals surface area contributed by atoms with Crippen LogP contribution in [0.5, 0.6) is 0 Å². The topological polar surface area (TPSA) is 23.5 Å². The highest BCUT2D eigenvalue weighted by atomic mass is 16.3. The standard InChI is InChI=1S/C15H23NO/c1-13-7-5-6-11-16(13)12-10-15(17)14-8-3-2-4-9-14/h2-4,8-9,13,15,17H,5-7,10-12H2,1H3. The summed E-state index contributed by atoms with van der Waals surface area (Å²) in [4.78, 5) is 2.51. The number of aliphatic hydroxyl groups is 1. The molecule has 0 amide bonds. The van der Waals surface area contributed by atoms with Gasteiger partial charge >= 0.3 is 0 Å². The first-order valence-corrected chi connectivity index (χ1v) is 6.74. The Labute approximate surface area is 104 Å². The fraction of sp³-hybridized carbons (Fsp3) is 0.600. The predicted octanol–water partition coefficient (Wildman–Crippen LogP) is 2.98. The van der Waals surface area contributed by atoms with Gasteiger partial charge in [-0.05, 0) is 38.3 Å². The first-order valence-electron chi connectivity index (χ1n) is 6.74. The number of hydrogen-bond donors (Lipinski definition) is 1. The number of likely N-dealkylation sites (tertiary alicyclic amines) is 1. The van der Waals surface area contributed by atoms with Crippen molar-refractivity contribution in [3.63, 3.8) is 0 Å². The van der Waals surface area contributed by atoms with E-state index in [1.807, 2.05) is 30.3 Å². The molecule has 0 spiro atoms. The molecule has 1 saturated heterocycles. The molecule has 1 aliphatic rings. The van der Waals surface area contributed by atoms with Crippen LogP contribution in [0.25, 0.3) is 0 Å². The van der Waals surface area contributed by atoms with Gasteiger partial charge in [0.2, 0.25) is 0 Å². The number of benzene rings is 1. The lowest BCUT2D eigenvalue weighted by atomic mass is 10.0. The van der Waals surface area contributed by atoms with Crippen molar-refractivity contribution in [2.24, 2.45) is 0 Å². The maximum atomic E-state index is 10.1. The van der Waals surface area contributed by atoms with Crippen LogP contribution in [0.15, 0.2) is 30.3 Å². The molecular formula is C15H23NO. The molecule has 94 valence electrons. The third-order valence-corrected chi connectivity index (χ3v) is 3.81. The maximum absolute atomic E-state index is 10.1. The summed E-state index contributed by atoms with van der Waals surface area (Å²) in [5.41, 5.74) is 1.04. The number of rotatable bonds is 4. The molecule has 1 N–H and O–H groups in total. The van der Waals surface area contributed by atoms with E-state index in [2.05, 4.69) is 11.8 Å². The van der Waals surface area contributed by atoms with Crippen LogP contribution in [-0.4, -0.2) is 29.1 Å². The monoisotopic (exact) mass is 233 g/mol. The van der Waals surface area contributed by atoms with Crippen LogP contribution in [0.4, 0.5) is 0 Å². The summed E-state index contributed by atoms with van der Waals surface area (Å²) >= 11 is 0. The second-order valence-electron chi connectivity index (χ2n) is 5.10. The van der Waals surface area contributed by atoms with Crippen molar-refractivity contribution in [1.82, 2.24) is 4.90 Å². The molecular weight excluding hydrogens is 210 g/mol. The predicted molar refractivity (Wildman–Crippen MR) is 70.9 cm³/mol. The van der Waals surface area contributed by atoms with Crippen LogP contribution in [0.3, 0.4) is 0 Å². The van der Waals surface area contributed by atoms with Crippen molar-refractivity contribution in [3.05, 3.63) is 35.9 Å². The van der Waals surface area contributed by atoms with Gasteiger partial charge in [-0.25, -0.2) is 0 Å². The van der Waals surface area contributed by atoms with Crippen molar-refractivity contribution < 1.29 is 5.11 Å². The number of nitrogens with zero attached hydrogens (tertiary/aromatic N) is 1. The average Bonchev–Trinajstić information content (AvgIpc) is 2.38. The molecule has 2 nitrogen and oxygen atoms in total. The minimum atomic E-state index is -0.315. The summed E-state index contributed by atoms with van der Waals surface area (Å²) in [5, 5.41) is 10.1. The summed E-state index contributed by atoms with van der Waals surface area (Å²) in [6.45, 7) is 4.51. The third kappa shape index (κ3) is 3.55. The molecule has 17 heavy (non-hydrogen) atoms. The van der Waals surface area contributed by atoms with Crippen molar-refractivity contribution >= 4 is 0 Å². The van der Waals surface area contributed by atoms with Gasteiger partial charge in [0, 0.05) is 12.6 Å². The van der Waals surface area contributed by atoms with Gasteiger partial charge in [0.15, 0.2) is 0 Å². The minimum Gasteiger partial charge on any atom is -0.388 e. The highest BCUT2D eigenvalue weighted by molar-refractivity contribution is 5.17. The van der Waals surface area contributed by atoms with Crippen molar-refractivity contribution in [2.45, 2.75) is 44.8 Å². The molecule has 0 aliphatic carbocycles. The zero-order chi connectivity index (χ0) is 12.1. The molecule has 2 atom stereocenters. The van der Waals surface area contributed by atoms with Gasteiger partial charge in [0.25, 0.3) is 0 Å². The molecule has 1 aromatic carbocycles. The summed E-state index contributed by atoms with van der Waals surface area (Å²) in [6.07, 6.45) is 4.51. The molecule has 0 radical (unpaired) electrons. The molecule has 1 aliphatic heterocycles. The van der Waals surface area contributed by atoms with Gasteiger partial charge in [-0.15, -0.1) is 0 Å². The summed E-state index contributed by atoms with van der Waals surface area (Å²) in [6, 6.07) is 10.7. The minimum absolute atomic E-state index is 0.315. The highest BCUT2D eigenvalue weighted by Crippen LogP contribution is 2.20. The molecule has 0 saturated carbocycles. The van der Waals surface area contributed by atoms with Crippen molar-refractivity contribution in [3.8, 4) is 0 Å². The quantitative estimate of drug-likeness (QED) is 0.864. The van der Waals surface area contributed by atoms with Gasteiger partial charge in [-0.1, -0.05) is 36.8 Å². The Morgan fingerprint density at radius 1 is 1.29 bits per heavy atom. The first-order chi connectivity index (χ1) is 8.27. The zero-order valence-corrected chi connectivity index (χ0v) is 10.7. The van der Waals surface area contributed by atoms with E-state index in [1.165, 1.54) is 25.8 Å². The summed E-state index contributed by atoms with van der Waals surface area (Å²) < 4.78 is 0. The Bertz CT molecular complexity index is 325. The maximum Gasteiger partial charge on any atom is 0.0802 e. The van der Waals surface area contributed by atoms with Crippen LogP contribution >= 0.6 is 0 Å². The fourth-order valence-electron chi connectivity index (χ4n) is 2.62. The van der Waals surface area contributed by atoms with E-state index in [1.54, 1.807) is 0 Å². The Balaban J connectivity index is 1.81. The third-order valence-electron chi connectivity index (χ3n) is 3.81. The lowest BCUT2D eigenvalue weighted by Crippen LogP contribution is -2.38. The Kier molecular flexibility index (Phi) is 4.57. The van der Waals surface area contributed by atoms with E-state index < -0.39 is 0 Å². The van der Waals surface area contributed by atoms with Gasteiger partial charge in [0.1, 0.15) is 0 Å². The molecule has 0 aromatic heterocycles. The lowest BCUT2D eigenvalue weighted by molar-refractivity contribution is 0.109. The Hall–Kier alpha value is -0.860. The van der Waals surface area contributed by atoms with Crippen molar-refractivity contribution in [2.75, 3.05) is 13.1 Å². The number of aliphatic hydroxyl groups excluding tert-OH is 1. The van der Waals surface area contributed by atoms with Crippen LogP contribution in [0, 0.1) is 0 Å². The van der Waals surface area contributed by atoms with Crippen LogP contribution < -0.4 is 0 Å². The summed E-state index contributed by atoms with van der Waals surface area (Å²) in [7, 11) is 0. The fourth-order valence-corrected chi connectivity index (χ4v) is 2.62.